The van der Waals surface area contributed by atoms with Gasteiger partial charge < -0.3 is 30.2 Å². The van der Waals surface area contributed by atoms with Gasteiger partial charge in [-0.1, -0.05) is 12.1 Å². The van der Waals surface area contributed by atoms with Crippen LogP contribution in [0.15, 0.2) is 60.7 Å². The Labute approximate surface area is 196 Å². The molecule has 9 heteroatoms. The van der Waals surface area contributed by atoms with Crippen LogP contribution in [0, 0.1) is 0 Å². The van der Waals surface area contributed by atoms with Gasteiger partial charge in [0.05, 0.1) is 24.9 Å². The van der Waals surface area contributed by atoms with E-state index in [1.165, 1.54) is 6.92 Å². The number of carbonyl (C=O) groups is 3. The summed E-state index contributed by atoms with van der Waals surface area (Å²) in [6, 6.07) is 16.9. The van der Waals surface area contributed by atoms with Gasteiger partial charge in [-0.25, -0.2) is 0 Å². The van der Waals surface area contributed by atoms with E-state index in [1.807, 2.05) is 0 Å². The Bertz CT molecular complexity index is 1240. The molecule has 3 N–H and O–H groups in total. The molecule has 1 aliphatic heterocycles. The number of methoxy groups -OCH3 is 1. The van der Waals surface area contributed by atoms with Gasteiger partial charge in [-0.05, 0) is 49.4 Å². The summed E-state index contributed by atoms with van der Waals surface area (Å²) in [7, 11) is 1.57. The summed E-state index contributed by atoms with van der Waals surface area (Å²) in [5, 5.41) is 8.53. The number of fused-ring (bicyclic) bond motifs is 1. The standard InChI is InChI=1S/C25H23N3O6/c1-15(29)19-11-22-23(34-14-33-22)12-21(19)28-24(30)13-26-20-6-4-3-5-18(20)25(31)27-16-7-9-17(32-2)10-8-16/h3-12,26H,13-14H2,1-2H3,(H,27,31)(H,28,30). The first-order valence-corrected chi connectivity index (χ1v) is 10.5. The molecule has 0 saturated carbocycles. The van der Waals surface area contributed by atoms with Crippen LogP contribution in [0.4, 0.5) is 17.1 Å². The van der Waals surface area contributed by atoms with Gasteiger partial charge in [0.15, 0.2) is 17.3 Å². The highest BCUT2D eigenvalue weighted by atomic mass is 16.7. The third-order valence-electron chi connectivity index (χ3n) is 5.13. The van der Waals surface area contributed by atoms with Gasteiger partial charge in [0.25, 0.3) is 5.91 Å². The van der Waals surface area contributed by atoms with Gasteiger partial charge >= 0.3 is 0 Å². The Morgan fingerprint density at radius 1 is 0.882 bits per heavy atom. The number of rotatable bonds is 8. The number of nitrogens with one attached hydrogen (secondary N) is 3. The number of ether oxygens (including phenoxy) is 3. The topological polar surface area (TPSA) is 115 Å². The normalized spacial score (nSPS) is 11.5. The van der Waals surface area contributed by atoms with Crippen molar-refractivity contribution in [3.63, 3.8) is 0 Å². The number of amides is 2. The van der Waals surface area contributed by atoms with Gasteiger partial charge in [0.2, 0.25) is 12.7 Å². The van der Waals surface area contributed by atoms with Crippen LogP contribution in [0.1, 0.15) is 27.6 Å². The number of benzene rings is 3. The summed E-state index contributed by atoms with van der Waals surface area (Å²) < 4.78 is 15.8. The molecule has 3 aromatic carbocycles. The van der Waals surface area contributed by atoms with Crippen molar-refractivity contribution < 1.29 is 28.6 Å². The van der Waals surface area contributed by atoms with Crippen molar-refractivity contribution in [3.8, 4) is 17.2 Å². The lowest BCUT2D eigenvalue weighted by atomic mass is 10.1. The second-order valence-corrected chi connectivity index (χ2v) is 7.44. The van der Waals surface area contributed by atoms with E-state index in [2.05, 4.69) is 16.0 Å². The molecule has 34 heavy (non-hydrogen) atoms. The molecule has 0 radical (unpaired) electrons. The molecule has 0 bridgehead atoms. The van der Waals surface area contributed by atoms with Crippen molar-refractivity contribution in [2.24, 2.45) is 0 Å². The summed E-state index contributed by atoms with van der Waals surface area (Å²) in [5.74, 6) is 0.644. The predicted molar refractivity (Wildman–Crippen MR) is 127 cm³/mol. The minimum Gasteiger partial charge on any atom is -0.497 e. The van der Waals surface area contributed by atoms with Crippen molar-refractivity contribution in [1.82, 2.24) is 0 Å². The summed E-state index contributed by atoms with van der Waals surface area (Å²) in [5.41, 5.74) is 2.11. The Kier molecular flexibility index (Phi) is 6.63. The molecule has 1 aliphatic rings. The van der Waals surface area contributed by atoms with E-state index >= 15 is 0 Å². The smallest absolute Gasteiger partial charge is 0.257 e. The maximum absolute atomic E-state index is 12.8. The Hall–Kier alpha value is -4.53. The molecule has 3 aromatic rings. The molecular weight excluding hydrogens is 438 g/mol. The monoisotopic (exact) mass is 461 g/mol. The molecule has 1 heterocycles. The molecular formula is C25H23N3O6. The Balaban J connectivity index is 1.43. The lowest BCUT2D eigenvalue weighted by molar-refractivity contribution is -0.114. The minimum absolute atomic E-state index is 0.0566. The van der Waals surface area contributed by atoms with Crippen LogP contribution in [-0.4, -0.2) is 38.0 Å². The van der Waals surface area contributed by atoms with Crippen LogP contribution < -0.4 is 30.2 Å². The zero-order valence-electron chi connectivity index (χ0n) is 18.6. The van der Waals surface area contributed by atoms with Crippen LogP contribution in [0.5, 0.6) is 17.2 Å². The molecule has 0 unspecified atom stereocenters. The van der Waals surface area contributed by atoms with Crippen LogP contribution in [-0.2, 0) is 4.79 Å². The molecule has 0 aliphatic carbocycles. The molecule has 0 aromatic heterocycles. The van der Waals surface area contributed by atoms with E-state index in [0.29, 0.717) is 45.4 Å². The SMILES string of the molecule is COc1ccc(NC(=O)c2ccccc2NCC(=O)Nc2cc3c(cc2C(C)=O)OCO3)cc1. The quantitative estimate of drug-likeness (QED) is 0.436. The largest absolute Gasteiger partial charge is 0.497 e. The van der Waals surface area contributed by atoms with Crippen molar-refractivity contribution in [2.75, 3.05) is 36.4 Å². The number of Topliss-reactive ketones (excluding diaryl/α,β-unsaturated/α-hetero) is 1. The first kappa shape index (κ1) is 22.7. The highest BCUT2D eigenvalue weighted by molar-refractivity contribution is 6.09. The van der Waals surface area contributed by atoms with Crippen LogP contribution in [0.25, 0.3) is 0 Å². The first-order valence-electron chi connectivity index (χ1n) is 10.5. The maximum atomic E-state index is 12.8. The van der Waals surface area contributed by atoms with E-state index in [4.69, 9.17) is 14.2 Å². The summed E-state index contributed by atoms with van der Waals surface area (Å²) in [6.45, 7) is 1.34. The van der Waals surface area contributed by atoms with E-state index < -0.39 is 5.91 Å². The molecule has 0 saturated heterocycles. The Morgan fingerprint density at radius 2 is 1.59 bits per heavy atom. The van der Waals surface area contributed by atoms with E-state index in [9.17, 15) is 14.4 Å². The molecule has 0 fully saturated rings. The van der Waals surface area contributed by atoms with Gasteiger partial charge in [0, 0.05) is 23.0 Å². The van der Waals surface area contributed by atoms with Crippen LogP contribution in [0.3, 0.4) is 0 Å². The molecule has 0 spiro atoms. The molecule has 2 amide bonds. The number of hydrogen-bond acceptors (Lipinski definition) is 7. The second kappa shape index (κ2) is 9.95. The van der Waals surface area contributed by atoms with Gasteiger partial charge in [-0.2, -0.15) is 0 Å². The highest BCUT2D eigenvalue weighted by Gasteiger charge is 2.20. The fraction of sp³-hybridized carbons (Fsp3) is 0.160. The summed E-state index contributed by atoms with van der Waals surface area (Å²) in [4.78, 5) is 37.4. The van der Waals surface area contributed by atoms with Crippen LogP contribution >= 0.6 is 0 Å². The second-order valence-electron chi connectivity index (χ2n) is 7.44. The van der Waals surface area contributed by atoms with E-state index in [0.717, 1.165) is 0 Å². The van der Waals surface area contributed by atoms with Gasteiger partial charge in [-0.15, -0.1) is 0 Å². The van der Waals surface area contributed by atoms with Crippen molar-refractivity contribution in [1.29, 1.82) is 0 Å². The van der Waals surface area contributed by atoms with E-state index in [-0.39, 0.29) is 25.0 Å². The van der Waals surface area contributed by atoms with Crippen molar-refractivity contribution in [2.45, 2.75) is 6.92 Å². The third-order valence-corrected chi connectivity index (χ3v) is 5.13. The predicted octanol–water partition coefficient (Wildman–Crippen LogP) is 3.93. The zero-order chi connectivity index (χ0) is 24.1. The maximum Gasteiger partial charge on any atom is 0.257 e. The average molecular weight is 461 g/mol. The summed E-state index contributed by atoms with van der Waals surface area (Å²) >= 11 is 0. The first-order chi connectivity index (χ1) is 16.4. The summed E-state index contributed by atoms with van der Waals surface area (Å²) in [6.07, 6.45) is 0. The van der Waals surface area contributed by atoms with Crippen molar-refractivity contribution in [3.05, 3.63) is 71.8 Å². The van der Waals surface area contributed by atoms with Crippen LogP contribution in [0.2, 0.25) is 0 Å². The number of hydrogen-bond donors (Lipinski definition) is 3. The molecule has 4 rings (SSSR count). The third kappa shape index (κ3) is 5.09. The number of para-hydroxylation sites is 1. The molecule has 0 atom stereocenters. The number of carbonyl (C=O) groups excluding carboxylic acids is 3. The molecule has 9 nitrogen and oxygen atoms in total. The van der Waals surface area contributed by atoms with Gasteiger partial charge in [0.1, 0.15) is 5.75 Å². The van der Waals surface area contributed by atoms with Crippen molar-refractivity contribution >= 4 is 34.7 Å². The average Bonchev–Trinajstić information content (AvgIpc) is 3.30. The molecule has 174 valence electrons. The van der Waals surface area contributed by atoms with E-state index in [1.54, 1.807) is 67.8 Å². The fourth-order valence-electron chi connectivity index (χ4n) is 3.41. The zero-order valence-corrected chi connectivity index (χ0v) is 18.6. The lowest BCUT2D eigenvalue weighted by Gasteiger charge is -2.14. The Morgan fingerprint density at radius 3 is 2.29 bits per heavy atom. The minimum atomic E-state index is -0.397. The lowest BCUT2D eigenvalue weighted by Crippen LogP contribution is -2.24. The number of ketones is 1. The highest BCUT2D eigenvalue weighted by Crippen LogP contribution is 2.37. The van der Waals surface area contributed by atoms with Gasteiger partial charge in [-0.3, -0.25) is 14.4 Å². The fourth-order valence-corrected chi connectivity index (χ4v) is 3.41. The number of anilines is 3.